The minimum absolute atomic E-state index is 0.128. The molecule has 0 radical (unpaired) electrons. The molecule has 0 bridgehead atoms. The van der Waals surface area contributed by atoms with Crippen molar-refractivity contribution in [3.8, 4) is 5.75 Å². The Hall–Kier alpha value is -2.57. The molecule has 3 N–H and O–H groups in total. The molecular formula is C21H26N2O4. The number of hydrogen-bond acceptors (Lipinski definition) is 4. The summed E-state index contributed by atoms with van der Waals surface area (Å²) in [5.74, 6) is 0.704. The van der Waals surface area contributed by atoms with E-state index >= 15 is 0 Å². The highest BCUT2D eigenvalue weighted by Crippen LogP contribution is 2.19. The number of ether oxygens (including phenoxy) is 1. The van der Waals surface area contributed by atoms with Gasteiger partial charge in [-0.05, 0) is 37.0 Å². The van der Waals surface area contributed by atoms with Gasteiger partial charge in [-0.1, -0.05) is 36.4 Å². The van der Waals surface area contributed by atoms with Crippen molar-refractivity contribution in [3.05, 3.63) is 60.2 Å². The molecule has 1 heterocycles. The summed E-state index contributed by atoms with van der Waals surface area (Å²) in [4.78, 5) is 13.8. The standard InChI is InChI=1S/C21H26N2O4/c24-19-11-12-23(15-20(19)25)21(26)22-17-9-4-10-18(14-17)27-13-5-8-16-6-2-1-3-7-16/h1-4,6-7,9-10,14,19-20,24-25H,5,8,11-13,15H2,(H,22,26)/t19-,20-/m0/s1. The Morgan fingerprint density at radius 3 is 2.70 bits per heavy atom. The van der Waals surface area contributed by atoms with Gasteiger partial charge in [-0.25, -0.2) is 4.79 Å². The van der Waals surface area contributed by atoms with Crippen LogP contribution in [0, 0.1) is 0 Å². The molecule has 2 aromatic carbocycles. The van der Waals surface area contributed by atoms with Gasteiger partial charge in [-0.2, -0.15) is 0 Å². The zero-order valence-electron chi connectivity index (χ0n) is 15.3. The van der Waals surface area contributed by atoms with Gasteiger partial charge < -0.3 is 25.2 Å². The molecule has 3 rings (SSSR count). The van der Waals surface area contributed by atoms with Crippen LogP contribution in [-0.2, 0) is 6.42 Å². The van der Waals surface area contributed by atoms with Crippen LogP contribution in [0.4, 0.5) is 10.5 Å². The quantitative estimate of drug-likeness (QED) is 0.683. The third kappa shape index (κ3) is 5.70. The largest absolute Gasteiger partial charge is 0.494 e. The highest BCUT2D eigenvalue weighted by Gasteiger charge is 2.28. The first kappa shape index (κ1) is 19.2. The van der Waals surface area contributed by atoms with E-state index in [9.17, 15) is 15.0 Å². The Kier molecular flexibility index (Phi) is 6.68. The van der Waals surface area contributed by atoms with Crippen LogP contribution < -0.4 is 10.1 Å². The van der Waals surface area contributed by atoms with Crippen LogP contribution in [0.2, 0.25) is 0 Å². The van der Waals surface area contributed by atoms with Crippen LogP contribution in [-0.4, -0.2) is 53.0 Å². The predicted octanol–water partition coefficient (Wildman–Crippen LogP) is 2.66. The van der Waals surface area contributed by atoms with E-state index in [1.807, 2.05) is 30.3 Å². The SMILES string of the molecule is O=C(Nc1cccc(OCCCc2ccccc2)c1)N1CC[C@H](O)[C@@H](O)C1. The Morgan fingerprint density at radius 1 is 1.11 bits per heavy atom. The first-order chi connectivity index (χ1) is 13.1. The number of nitrogens with one attached hydrogen (secondary N) is 1. The van der Waals surface area contributed by atoms with E-state index in [1.165, 1.54) is 10.5 Å². The van der Waals surface area contributed by atoms with Crippen molar-refractivity contribution in [1.82, 2.24) is 4.90 Å². The number of carbonyl (C=O) groups excluding carboxylic acids is 1. The van der Waals surface area contributed by atoms with Crippen LogP contribution in [0.15, 0.2) is 54.6 Å². The van der Waals surface area contributed by atoms with Crippen molar-refractivity contribution in [1.29, 1.82) is 0 Å². The van der Waals surface area contributed by atoms with E-state index in [1.54, 1.807) is 12.1 Å². The fraction of sp³-hybridized carbons (Fsp3) is 0.381. The lowest BCUT2D eigenvalue weighted by Gasteiger charge is -2.33. The summed E-state index contributed by atoms with van der Waals surface area (Å²) in [6, 6.07) is 17.3. The number of anilines is 1. The van der Waals surface area contributed by atoms with Crippen molar-refractivity contribution < 1.29 is 19.7 Å². The maximum Gasteiger partial charge on any atom is 0.321 e. The lowest BCUT2D eigenvalue weighted by molar-refractivity contribution is -0.0263. The number of carbonyl (C=O) groups is 1. The molecule has 1 saturated heterocycles. The first-order valence-electron chi connectivity index (χ1n) is 9.30. The van der Waals surface area contributed by atoms with Gasteiger partial charge in [0, 0.05) is 18.3 Å². The zero-order chi connectivity index (χ0) is 19.1. The van der Waals surface area contributed by atoms with Crippen molar-refractivity contribution in [3.63, 3.8) is 0 Å². The maximum absolute atomic E-state index is 12.3. The Labute approximate surface area is 159 Å². The molecule has 2 amide bonds. The van der Waals surface area contributed by atoms with E-state index in [4.69, 9.17) is 4.74 Å². The third-order valence-electron chi connectivity index (χ3n) is 4.64. The molecule has 0 aliphatic carbocycles. The number of urea groups is 1. The van der Waals surface area contributed by atoms with E-state index in [-0.39, 0.29) is 12.6 Å². The number of amides is 2. The summed E-state index contributed by atoms with van der Waals surface area (Å²) >= 11 is 0. The van der Waals surface area contributed by atoms with Crippen molar-refractivity contribution in [2.45, 2.75) is 31.5 Å². The summed E-state index contributed by atoms with van der Waals surface area (Å²) in [5, 5.41) is 22.1. The number of β-amino-alcohol motifs (C(OH)–C–C–N with tert-alkyl or cyclic N) is 1. The van der Waals surface area contributed by atoms with Crippen LogP contribution in [0.1, 0.15) is 18.4 Å². The summed E-state index contributed by atoms with van der Waals surface area (Å²) in [5.41, 5.74) is 1.93. The molecule has 0 unspecified atom stereocenters. The molecular weight excluding hydrogens is 344 g/mol. The predicted molar refractivity (Wildman–Crippen MR) is 104 cm³/mol. The topological polar surface area (TPSA) is 82.0 Å². The molecule has 0 spiro atoms. The second-order valence-corrected chi connectivity index (χ2v) is 6.76. The third-order valence-corrected chi connectivity index (χ3v) is 4.64. The van der Waals surface area contributed by atoms with Gasteiger partial charge in [-0.15, -0.1) is 0 Å². The van der Waals surface area contributed by atoms with Crippen LogP contribution in [0.3, 0.4) is 0 Å². The Morgan fingerprint density at radius 2 is 1.93 bits per heavy atom. The molecule has 1 aliphatic rings. The number of likely N-dealkylation sites (tertiary alicyclic amines) is 1. The smallest absolute Gasteiger partial charge is 0.321 e. The van der Waals surface area contributed by atoms with Crippen LogP contribution in [0.25, 0.3) is 0 Å². The summed E-state index contributed by atoms with van der Waals surface area (Å²) in [7, 11) is 0. The van der Waals surface area contributed by atoms with Gasteiger partial charge in [0.2, 0.25) is 0 Å². The minimum Gasteiger partial charge on any atom is -0.494 e. The van der Waals surface area contributed by atoms with Gasteiger partial charge in [-0.3, -0.25) is 0 Å². The van der Waals surface area contributed by atoms with Crippen molar-refractivity contribution in [2.24, 2.45) is 0 Å². The number of benzene rings is 2. The lowest BCUT2D eigenvalue weighted by atomic mass is 10.1. The summed E-state index contributed by atoms with van der Waals surface area (Å²) < 4.78 is 5.79. The Balaban J connectivity index is 1.46. The van der Waals surface area contributed by atoms with E-state index < -0.39 is 12.2 Å². The normalized spacial score (nSPS) is 19.6. The lowest BCUT2D eigenvalue weighted by Crippen LogP contribution is -2.50. The van der Waals surface area contributed by atoms with Crippen molar-refractivity contribution in [2.75, 3.05) is 25.0 Å². The molecule has 6 nitrogen and oxygen atoms in total. The van der Waals surface area contributed by atoms with Crippen LogP contribution >= 0.6 is 0 Å². The number of aryl methyl sites for hydroxylation is 1. The van der Waals surface area contributed by atoms with Gasteiger partial charge in [0.25, 0.3) is 0 Å². The number of aliphatic hydroxyl groups is 2. The molecule has 2 aromatic rings. The maximum atomic E-state index is 12.3. The summed E-state index contributed by atoms with van der Waals surface area (Å²) in [6.07, 6.45) is 0.583. The highest BCUT2D eigenvalue weighted by atomic mass is 16.5. The first-order valence-corrected chi connectivity index (χ1v) is 9.30. The highest BCUT2D eigenvalue weighted by molar-refractivity contribution is 5.89. The number of hydrogen-bond donors (Lipinski definition) is 3. The molecule has 144 valence electrons. The average molecular weight is 370 g/mol. The molecule has 2 atom stereocenters. The average Bonchev–Trinajstić information content (AvgIpc) is 2.68. The van der Waals surface area contributed by atoms with E-state index in [0.29, 0.717) is 31.0 Å². The van der Waals surface area contributed by atoms with Gasteiger partial charge in [0.05, 0.1) is 25.4 Å². The number of aliphatic hydroxyl groups excluding tert-OH is 2. The van der Waals surface area contributed by atoms with Crippen LogP contribution in [0.5, 0.6) is 5.75 Å². The number of nitrogens with zero attached hydrogens (tertiary/aromatic N) is 1. The molecule has 0 saturated carbocycles. The van der Waals surface area contributed by atoms with Crippen molar-refractivity contribution >= 4 is 11.7 Å². The number of piperidine rings is 1. The van der Waals surface area contributed by atoms with E-state index in [2.05, 4.69) is 17.4 Å². The zero-order valence-corrected chi connectivity index (χ0v) is 15.3. The molecule has 0 aromatic heterocycles. The van der Waals surface area contributed by atoms with E-state index in [0.717, 1.165) is 12.8 Å². The Bertz CT molecular complexity index is 738. The monoisotopic (exact) mass is 370 g/mol. The summed E-state index contributed by atoms with van der Waals surface area (Å²) in [6.45, 7) is 1.14. The van der Waals surface area contributed by atoms with Gasteiger partial charge in [0.1, 0.15) is 5.75 Å². The molecule has 27 heavy (non-hydrogen) atoms. The molecule has 1 aliphatic heterocycles. The molecule has 1 fully saturated rings. The second-order valence-electron chi connectivity index (χ2n) is 6.76. The molecule has 6 heteroatoms. The van der Waals surface area contributed by atoms with Gasteiger partial charge >= 0.3 is 6.03 Å². The fourth-order valence-corrected chi connectivity index (χ4v) is 3.08. The fourth-order valence-electron chi connectivity index (χ4n) is 3.08. The minimum atomic E-state index is -0.899. The number of rotatable bonds is 6. The second kappa shape index (κ2) is 9.39. The van der Waals surface area contributed by atoms with Gasteiger partial charge in [0.15, 0.2) is 0 Å².